The molecule has 4 atom stereocenters. The first-order valence-corrected chi connectivity index (χ1v) is 11.0. The minimum atomic E-state index is -1.90. The van der Waals surface area contributed by atoms with Crippen molar-refractivity contribution >= 4 is 69.9 Å². The second-order valence-electron chi connectivity index (χ2n) is 7.12. The van der Waals surface area contributed by atoms with Gasteiger partial charge in [0.25, 0.3) is 0 Å². The zero-order chi connectivity index (χ0) is 19.3. The first-order chi connectivity index (χ1) is 12.2. The predicted octanol–water partition coefficient (Wildman–Crippen LogP) is 5.76. The van der Waals surface area contributed by atoms with Crippen LogP contribution in [0.2, 0.25) is 0 Å². The maximum Gasteiger partial charge on any atom is 0.407 e. The van der Waals surface area contributed by atoms with Crippen LogP contribution in [0.25, 0.3) is 0 Å². The van der Waals surface area contributed by atoms with Crippen LogP contribution in [0.5, 0.6) is 0 Å². The number of alkyl carbamates (subject to hydrolysis) is 1. The second kappa shape index (κ2) is 10.2. The maximum absolute atomic E-state index is 12.6. The molecule has 0 spiro atoms. The standard InChI is InChI=1S/C17H24Cl5NO3/c18-10-6-7-12(13(19)8-10)14(24)9-15(17(20,21)22)26-16(25)23-11-4-2-1-3-5-11/h10-13,15H,1-9H2,(H,23,25)/t10?,12?,13?,15-/m0/s1. The van der Waals surface area contributed by atoms with E-state index in [0.717, 1.165) is 25.7 Å². The third-order valence-electron chi connectivity index (χ3n) is 5.05. The molecule has 0 aromatic heterocycles. The molecule has 0 radical (unpaired) electrons. The van der Waals surface area contributed by atoms with Crippen LogP contribution in [0.1, 0.15) is 57.8 Å². The quantitative estimate of drug-likeness (QED) is 0.523. The van der Waals surface area contributed by atoms with E-state index in [-0.39, 0.29) is 34.9 Å². The third kappa shape index (κ3) is 7.09. The summed E-state index contributed by atoms with van der Waals surface area (Å²) in [7, 11) is 0. The van der Waals surface area contributed by atoms with Gasteiger partial charge in [0.05, 0.1) is 0 Å². The summed E-state index contributed by atoms with van der Waals surface area (Å²) in [4.78, 5) is 24.8. The molecule has 0 aromatic rings. The summed E-state index contributed by atoms with van der Waals surface area (Å²) in [5.41, 5.74) is 0. The number of Topliss-reactive ketones (excluding diaryl/α,β-unsaturated/α-hetero) is 1. The molecule has 2 saturated carbocycles. The molecule has 9 heteroatoms. The molecule has 1 N–H and O–H groups in total. The van der Waals surface area contributed by atoms with Crippen molar-refractivity contribution in [2.24, 2.45) is 5.92 Å². The molecule has 4 nitrogen and oxygen atoms in total. The Bertz CT molecular complexity index is 493. The van der Waals surface area contributed by atoms with E-state index in [9.17, 15) is 9.59 Å². The minimum Gasteiger partial charge on any atom is -0.441 e. The van der Waals surface area contributed by atoms with Crippen LogP contribution in [0, 0.1) is 5.92 Å². The van der Waals surface area contributed by atoms with Crippen molar-refractivity contribution in [1.29, 1.82) is 0 Å². The highest BCUT2D eigenvalue weighted by Crippen LogP contribution is 2.38. The normalized spacial score (nSPS) is 29.0. The molecule has 2 aliphatic carbocycles. The summed E-state index contributed by atoms with van der Waals surface area (Å²) in [6.07, 6.45) is 4.96. The Morgan fingerprint density at radius 1 is 1.04 bits per heavy atom. The lowest BCUT2D eigenvalue weighted by atomic mass is 9.84. The van der Waals surface area contributed by atoms with Gasteiger partial charge in [-0.1, -0.05) is 54.1 Å². The summed E-state index contributed by atoms with van der Waals surface area (Å²) < 4.78 is 3.40. The van der Waals surface area contributed by atoms with E-state index in [2.05, 4.69) is 5.32 Å². The summed E-state index contributed by atoms with van der Waals surface area (Å²) in [5.74, 6) is -0.540. The van der Waals surface area contributed by atoms with E-state index < -0.39 is 16.0 Å². The van der Waals surface area contributed by atoms with Gasteiger partial charge in [-0.2, -0.15) is 0 Å². The Morgan fingerprint density at radius 2 is 1.69 bits per heavy atom. The van der Waals surface area contributed by atoms with Gasteiger partial charge >= 0.3 is 6.09 Å². The number of hydrogen-bond acceptors (Lipinski definition) is 3. The average Bonchev–Trinajstić information content (AvgIpc) is 2.54. The SMILES string of the molecule is O=C(NC1CCCCC1)O[C@@H](CC(=O)C1CCC(Cl)CC1Cl)C(Cl)(Cl)Cl. The summed E-state index contributed by atoms with van der Waals surface area (Å²) in [5, 5.41) is 2.42. The Kier molecular flexibility index (Phi) is 8.94. The highest BCUT2D eigenvalue weighted by molar-refractivity contribution is 6.68. The molecule has 2 rings (SSSR count). The molecule has 2 fully saturated rings. The lowest BCUT2D eigenvalue weighted by Crippen LogP contribution is -2.43. The predicted molar refractivity (Wildman–Crippen MR) is 107 cm³/mol. The molecular weight excluding hydrogens is 443 g/mol. The van der Waals surface area contributed by atoms with Gasteiger partial charge in [0.1, 0.15) is 5.78 Å². The van der Waals surface area contributed by atoms with Crippen LogP contribution >= 0.6 is 58.0 Å². The molecule has 0 bridgehead atoms. The monoisotopic (exact) mass is 465 g/mol. The van der Waals surface area contributed by atoms with Gasteiger partial charge in [0, 0.05) is 29.1 Å². The summed E-state index contributed by atoms with van der Waals surface area (Å²) in [6, 6.07) is 0.0641. The zero-order valence-corrected chi connectivity index (χ0v) is 18.1. The minimum absolute atomic E-state index is 0.0250. The van der Waals surface area contributed by atoms with E-state index in [4.69, 9.17) is 62.7 Å². The molecule has 150 valence electrons. The van der Waals surface area contributed by atoms with Gasteiger partial charge in [-0.05, 0) is 32.1 Å². The van der Waals surface area contributed by atoms with Crippen molar-refractivity contribution in [2.75, 3.05) is 0 Å². The average molecular weight is 468 g/mol. The number of rotatable bonds is 5. The van der Waals surface area contributed by atoms with Gasteiger partial charge in [0.2, 0.25) is 3.79 Å². The van der Waals surface area contributed by atoms with E-state index in [1.807, 2.05) is 0 Å². The van der Waals surface area contributed by atoms with Crippen LogP contribution in [-0.4, -0.2) is 38.6 Å². The molecule has 0 aromatic carbocycles. The fourth-order valence-electron chi connectivity index (χ4n) is 3.57. The van der Waals surface area contributed by atoms with E-state index in [0.29, 0.717) is 19.3 Å². The molecule has 2 aliphatic rings. The lowest BCUT2D eigenvalue weighted by Gasteiger charge is -2.31. The summed E-state index contributed by atoms with van der Waals surface area (Å²) in [6.45, 7) is 0. The Hall–Kier alpha value is 0.390. The Labute approximate surface area is 179 Å². The number of amides is 1. The fraction of sp³-hybridized carbons (Fsp3) is 0.882. The van der Waals surface area contributed by atoms with Crippen molar-refractivity contribution in [1.82, 2.24) is 5.32 Å². The van der Waals surface area contributed by atoms with Crippen LogP contribution in [0.15, 0.2) is 0 Å². The zero-order valence-electron chi connectivity index (χ0n) is 14.4. The number of halogens is 5. The first-order valence-electron chi connectivity index (χ1n) is 9.01. The lowest BCUT2D eigenvalue weighted by molar-refractivity contribution is -0.125. The smallest absolute Gasteiger partial charge is 0.407 e. The topological polar surface area (TPSA) is 55.4 Å². The van der Waals surface area contributed by atoms with Crippen LogP contribution in [-0.2, 0) is 9.53 Å². The van der Waals surface area contributed by atoms with E-state index in [1.54, 1.807) is 0 Å². The van der Waals surface area contributed by atoms with Crippen molar-refractivity contribution in [2.45, 2.75) is 84.5 Å². The molecule has 0 aliphatic heterocycles. The molecule has 3 unspecified atom stereocenters. The van der Waals surface area contributed by atoms with E-state index in [1.165, 1.54) is 6.42 Å². The fourth-order valence-corrected chi connectivity index (χ4v) is 4.82. The number of nitrogens with one attached hydrogen (secondary N) is 1. The van der Waals surface area contributed by atoms with Crippen molar-refractivity contribution in [3.05, 3.63) is 0 Å². The summed E-state index contributed by atoms with van der Waals surface area (Å²) >= 11 is 30.2. The highest BCUT2D eigenvalue weighted by atomic mass is 35.6. The molecule has 0 heterocycles. The van der Waals surface area contributed by atoms with Crippen LogP contribution in [0.3, 0.4) is 0 Å². The molecule has 26 heavy (non-hydrogen) atoms. The van der Waals surface area contributed by atoms with Crippen LogP contribution < -0.4 is 5.32 Å². The van der Waals surface area contributed by atoms with Crippen molar-refractivity contribution < 1.29 is 14.3 Å². The van der Waals surface area contributed by atoms with Gasteiger partial charge in [-0.3, -0.25) is 4.79 Å². The molecule has 1 amide bonds. The van der Waals surface area contributed by atoms with Gasteiger partial charge in [-0.15, -0.1) is 23.2 Å². The largest absolute Gasteiger partial charge is 0.441 e. The number of ether oxygens (including phenoxy) is 1. The third-order valence-corrected chi connectivity index (χ3v) is 6.66. The number of carbonyl (C=O) groups is 2. The Balaban J connectivity index is 1.92. The number of alkyl halides is 5. The van der Waals surface area contributed by atoms with Crippen molar-refractivity contribution in [3.63, 3.8) is 0 Å². The van der Waals surface area contributed by atoms with Crippen molar-refractivity contribution in [3.8, 4) is 0 Å². The Morgan fingerprint density at radius 3 is 2.27 bits per heavy atom. The van der Waals surface area contributed by atoms with Gasteiger partial charge in [-0.25, -0.2) is 4.79 Å². The number of carbonyl (C=O) groups excluding carboxylic acids is 2. The number of ketones is 1. The molecular formula is C17H24Cl5NO3. The van der Waals surface area contributed by atoms with Gasteiger partial charge in [0.15, 0.2) is 6.10 Å². The highest BCUT2D eigenvalue weighted by Gasteiger charge is 2.41. The van der Waals surface area contributed by atoms with Crippen LogP contribution in [0.4, 0.5) is 4.79 Å². The second-order valence-corrected chi connectivity index (χ2v) is 10.7. The number of hydrogen-bond donors (Lipinski definition) is 1. The maximum atomic E-state index is 12.6. The van der Waals surface area contributed by atoms with E-state index >= 15 is 0 Å². The van der Waals surface area contributed by atoms with Gasteiger partial charge < -0.3 is 10.1 Å². The first kappa shape index (κ1) is 22.7. The molecule has 0 saturated heterocycles.